The molecule has 0 spiro atoms. The average Bonchev–Trinajstić information content (AvgIpc) is 2.37. The van der Waals surface area contributed by atoms with Gasteiger partial charge in [0.05, 0.1) is 6.61 Å². The van der Waals surface area contributed by atoms with E-state index >= 15 is 0 Å². The monoisotopic (exact) mass is 317 g/mol. The number of hydrogen-bond acceptors (Lipinski definition) is 4. The zero-order valence-corrected chi connectivity index (χ0v) is 12.2. The average molecular weight is 319 g/mol. The minimum atomic E-state index is -1.71. The number of aliphatic hydroxyl groups is 1. The zero-order chi connectivity index (χ0) is 14.0. The Kier molecular flexibility index (Phi) is 4.26. The van der Waals surface area contributed by atoms with Crippen LogP contribution in [0.5, 0.6) is 0 Å². The standard InChI is InChI=1S/C12H10Cl3N3O/c1-7-16-10(18-11(17-7)12(13,14)15)9-5-3-2-4-8(9)6-19/h2-5,19H,6H2,1H3. The van der Waals surface area contributed by atoms with Gasteiger partial charge in [-0.1, -0.05) is 59.1 Å². The van der Waals surface area contributed by atoms with Crippen molar-refractivity contribution in [3.8, 4) is 11.4 Å². The Morgan fingerprint density at radius 1 is 1.11 bits per heavy atom. The topological polar surface area (TPSA) is 58.9 Å². The molecule has 0 atom stereocenters. The van der Waals surface area contributed by atoms with Gasteiger partial charge in [-0.2, -0.15) is 0 Å². The van der Waals surface area contributed by atoms with Crippen LogP contribution in [0.25, 0.3) is 11.4 Å². The van der Waals surface area contributed by atoms with E-state index in [0.29, 0.717) is 22.8 Å². The first-order valence-corrected chi connectivity index (χ1v) is 6.54. The van der Waals surface area contributed by atoms with E-state index in [1.807, 2.05) is 12.1 Å². The lowest BCUT2D eigenvalue weighted by Gasteiger charge is -2.12. The van der Waals surface area contributed by atoms with E-state index in [4.69, 9.17) is 34.8 Å². The molecular formula is C12H10Cl3N3O. The first kappa shape index (κ1) is 14.5. The van der Waals surface area contributed by atoms with Crippen molar-refractivity contribution in [2.24, 2.45) is 0 Å². The Hall–Kier alpha value is -0.940. The van der Waals surface area contributed by atoms with E-state index in [1.165, 1.54) is 0 Å². The normalized spacial score (nSPS) is 11.6. The van der Waals surface area contributed by atoms with Gasteiger partial charge in [-0.15, -0.1) is 0 Å². The summed E-state index contributed by atoms with van der Waals surface area (Å²) < 4.78 is -1.71. The summed E-state index contributed by atoms with van der Waals surface area (Å²) >= 11 is 17.4. The largest absolute Gasteiger partial charge is 0.392 e. The third kappa shape index (κ3) is 3.34. The Bertz CT molecular complexity index is 599. The third-order valence-electron chi connectivity index (χ3n) is 2.43. The lowest BCUT2D eigenvalue weighted by Crippen LogP contribution is -2.11. The zero-order valence-electron chi connectivity index (χ0n) is 9.94. The number of aryl methyl sites for hydroxylation is 1. The Balaban J connectivity index is 2.60. The van der Waals surface area contributed by atoms with Crippen LogP contribution in [0.4, 0.5) is 0 Å². The summed E-state index contributed by atoms with van der Waals surface area (Å²) in [6.07, 6.45) is 0. The van der Waals surface area contributed by atoms with Crippen LogP contribution >= 0.6 is 34.8 Å². The van der Waals surface area contributed by atoms with Gasteiger partial charge in [-0.3, -0.25) is 0 Å². The van der Waals surface area contributed by atoms with Crippen LogP contribution in [0.2, 0.25) is 0 Å². The molecule has 1 N–H and O–H groups in total. The first-order chi connectivity index (χ1) is 8.91. The van der Waals surface area contributed by atoms with Crippen LogP contribution in [0, 0.1) is 6.92 Å². The fourth-order valence-corrected chi connectivity index (χ4v) is 1.86. The lowest BCUT2D eigenvalue weighted by molar-refractivity contribution is 0.282. The summed E-state index contributed by atoms with van der Waals surface area (Å²) in [6, 6.07) is 7.22. The molecule has 2 aromatic rings. The molecule has 0 aliphatic heterocycles. The van der Waals surface area contributed by atoms with Crippen molar-refractivity contribution in [2.75, 3.05) is 0 Å². The van der Waals surface area contributed by atoms with Crippen molar-refractivity contribution in [3.05, 3.63) is 41.5 Å². The fraction of sp³-hybridized carbons (Fsp3) is 0.250. The second kappa shape index (κ2) is 5.59. The molecule has 0 aliphatic rings. The molecule has 0 saturated carbocycles. The van der Waals surface area contributed by atoms with E-state index in [-0.39, 0.29) is 12.4 Å². The van der Waals surface area contributed by atoms with Crippen LogP contribution in [-0.2, 0) is 10.4 Å². The molecule has 0 unspecified atom stereocenters. The summed E-state index contributed by atoms with van der Waals surface area (Å²) in [6.45, 7) is 1.57. The maximum Gasteiger partial charge on any atom is 0.250 e. The Labute approximate surface area is 125 Å². The third-order valence-corrected chi connectivity index (χ3v) is 2.94. The summed E-state index contributed by atoms with van der Waals surface area (Å²) in [5.41, 5.74) is 1.38. The van der Waals surface area contributed by atoms with Crippen LogP contribution < -0.4 is 0 Å². The predicted molar refractivity (Wildman–Crippen MR) is 75.2 cm³/mol. The van der Waals surface area contributed by atoms with Crippen molar-refractivity contribution in [1.82, 2.24) is 15.0 Å². The van der Waals surface area contributed by atoms with E-state index < -0.39 is 3.79 Å². The van der Waals surface area contributed by atoms with Crippen molar-refractivity contribution in [2.45, 2.75) is 17.3 Å². The molecule has 1 aromatic heterocycles. The van der Waals surface area contributed by atoms with Gasteiger partial charge in [0.2, 0.25) is 3.79 Å². The highest BCUT2D eigenvalue weighted by atomic mass is 35.6. The molecule has 100 valence electrons. The maximum atomic E-state index is 9.33. The summed E-state index contributed by atoms with van der Waals surface area (Å²) in [5.74, 6) is 0.880. The number of benzene rings is 1. The number of hydrogen-bond donors (Lipinski definition) is 1. The quantitative estimate of drug-likeness (QED) is 0.864. The van der Waals surface area contributed by atoms with Gasteiger partial charge < -0.3 is 5.11 Å². The van der Waals surface area contributed by atoms with Gasteiger partial charge in [0, 0.05) is 5.56 Å². The number of halogens is 3. The number of aliphatic hydroxyl groups excluding tert-OH is 1. The highest BCUT2D eigenvalue weighted by Gasteiger charge is 2.28. The smallest absolute Gasteiger partial charge is 0.250 e. The van der Waals surface area contributed by atoms with Gasteiger partial charge in [0.1, 0.15) is 5.82 Å². The molecule has 19 heavy (non-hydrogen) atoms. The minimum Gasteiger partial charge on any atom is -0.392 e. The van der Waals surface area contributed by atoms with E-state index in [1.54, 1.807) is 19.1 Å². The second-order valence-electron chi connectivity index (χ2n) is 3.84. The molecule has 0 fully saturated rings. The van der Waals surface area contributed by atoms with Crippen LogP contribution in [-0.4, -0.2) is 20.1 Å². The molecule has 1 aromatic carbocycles. The summed E-state index contributed by atoms with van der Waals surface area (Å²) in [5, 5.41) is 9.33. The summed E-state index contributed by atoms with van der Waals surface area (Å²) in [4.78, 5) is 12.4. The highest BCUT2D eigenvalue weighted by Crippen LogP contribution is 2.36. The first-order valence-electron chi connectivity index (χ1n) is 5.41. The van der Waals surface area contributed by atoms with Crippen LogP contribution in [0.15, 0.2) is 24.3 Å². The molecule has 0 aliphatic carbocycles. The van der Waals surface area contributed by atoms with Crippen molar-refractivity contribution in [1.29, 1.82) is 0 Å². The molecule has 4 nitrogen and oxygen atoms in total. The molecule has 0 amide bonds. The molecule has 2 rings (SSSR count). The maximum absolute atomic E-state index is 9.33. The number of alkyl halides is 3. The highest BCUT2D eigenvalue weighted by molar-refractivity contribution is 6.66. The van der Waals surface area contributed by atoms with Crippen LogP contribution in [0.3, 0.4) is 0 Å². The van der Waals surface area contributed by atoms with E-state index in [2.05, 4.69) is 15.0 Å². The van der Waals surface area contributed by atoms with Crippen LogP contribution in [0.1, 0.15) is 17.2 Å². The number of nitrogens with zero attached hydrogens (tertiary/aromatic N) is 3. The molecule has 0 radical (unpaired) electrons. The van der Waals surface area contributed by atoms with Gasteiger partial charge in [-0.05, 0) is 12.5 Å². The second-order valence-corrected chi connectivity index (χ2v) is 6.12. The lowest BCUT2D eigenvalue weighted by atomic mass is 10.1. The molecule has 7 heteroatoms. The minimum absolute atomic E-state index is 0.0627. The Morgan fingerprint density at radius 3 is 2.42 bits per heavy atom. The van der Waals surface area contributed by atoms with E-state index in [9.17, 15) is 5.11 Å². The molecule has 1 heterocycles. The van der Waals surface area contributed by atoms with Gasteiger partial charge in [0.25, 0.3) is 0 Å². The van der Waals surface area contributed by atoms with E-state index in [0.717, 1.165) is 0 Å². The number of rotatable bonds is 2. The molecular weight excluding hydrogens is 309 g/mol. The van der Waals surface area contributed by atoms with Crippen molar-refractivity contribution >= 4 is 34.8 Å². The molecule has 0 saturated heterocycles. The fourth-order valence-electron chi connectivity index (χ4n) is 1.61. The Morgan fingerprint density at radius 2 is 1.79 bits per heavy atom. The van der Waals surface area contributed by atoms with Gasteiger partial charge >= 0.3 is 0 Å². The SMILES string of the molecule is Cc1nc(-c2ccccc2CO)nc(C(Cl)(Cl)Cl)n1. The molecule has 0 bridgehead atoms. The summed E-state index contributed by atoms with van der Waals surface area (Å²) in [7, 11) is 0. The van der Waals surface area contributed by atoms with Crippen molar-refractivity contribution < 1.29 is 5.11 Å². The van der Waals surface area contributed by atoms with Crippen molar-refractivity contribution in [3.63, 3.8) is 0 Å². The van der Waals surface area contributed by atoms with Gasteiger partial charge in [0.15, 0.2) is 11.6 Å². The number of aromatic nitrogens is 3. The van der Waals surface area contributed by atoms with Gasteiger partial charge in [-0.25, -0.2) is 15.0 Å². The predicted octanol–water partition coefficient (Wildman–Crippen LogP) is 3.17.